The zero-order chi connectivity index (χ0) is 17.1. The number of nitrogens with zero attached hydrogens (tertiary/aromatic N) is 2. The molecular weight excluding hydrogens is 350 g/mol. The molecule has 0 aliphatic heterocycles. The predicted octanol–water partition coefficient (Wildman–Crippen LogP) is 4.39. The van der Waals surface area contributed by atoms with E-state index in [1.54, 1.807) is 35.1 Å². The molecule has 3 heterocycles. The Morgan fingerprint density at radius 2 is 1.84 bits per heavy atom. The van der Waals surface area contributed by atoms with Gasteiger partial charge in [0.25, 0.3) is 0 Å². The molecule has 25 heavy (non-hydrogen) atoms. The largest absolute Gasteiger partial charge is 0.350 e. The predicted molar refractivity (Wildman–Crippen MR) is 102 cm³/mol. The van der Waals surface area contributed by atoms with Gasteiger partial charge in [0.2, 0.25) is 5.91 Å². The van der Waals surface area contributed by atoms with Gasteiger partial charge in [-0.3, -0.25) is 14.8 Å². The molecular formula is C19H19N3OS2. The summed E-state index contributed by atoms with van der Waals surface area (Å²) in [5, 5.41) is 7.22. The van der Waals surface area contributed by atoms with Crippen LogP contribution in [-0.2, 0) is 16.8 Å². The minimum absolute atomic E-state index is 0.121. The van der Waals surface area contributed by atoms with Crippen molar-refractivity contribution in [3.63, 3.8) is 0 Å². The second-order valence-corrected chi connectivity index (χ2v) is 8.17. The van der Waals surface area contributed by atoms with Crippen LogP contribution < -0.4 is 5.32 Å². The van der Waals surface area contributed by atoms with Crippen molar-refractivity contribution in [3.05, 3.63) is 58.0 Å². The van der Waals surface area contributed by atoms with Gasteiger partial charge in [-0.05, 0) is 35.7 Å². The first-order chi connectivity index (χ1) is 12.3. The van der Waals surface area contributed by atoms with E-state index in [-0.39, 0.29) is 11.3 Å². The van der Waals surface area contributed by atoms with Gasteiger partial charge in [-0.25, -0.2) is 0 Å². The second-order valence-electron chi connectivity index (χ2n) is 6.28. The fourth-order valence-electron chi connectivity index (χ4n) is 3.56. The van der Waals surface area contributed by atoms with Crippen molar-refractivity contribution in [2.24, 2.45) is 0 Å². The number of nitrogens with one attached hydrogen (secondary N) is 1. The minimum atomic E-state index is -0.362. The Morgan fingerprint density at radius 1 is 1.08 bits per heavy atom. The Kier molecular flexibility index (Phi) is 4.63. The van der Waals surface area contributed by atoms with Gasteiger partial charge in [0, 0.05) is 17.3 Å². The monoisotopic (exact) mass is 369 g/mol. The molecule has 0 aromatic carbocycles. The molecule has 0 saturated heterocycles. The van der Waals surface area contributed by atoms with Gasteiger partial charge in [0.1, 0.15) is 5.69 Å². The molecule has 3 aromatic rings. The van der Waals surface area contributed by atoms with E-state index in [1.165, 1.54) is 4.88 Å². The maximum absolute atomic E-state index is 13.1. The van der Waals surface area contributed by atoms with Gasteiger partial charge in [-0.1, -0.05) is 25.0 Å². The third-order valence-electron chi connectivity index (χ3n) is 4.83. The summed E-state index contributed by atoms with van der Waals surface area (Å²) in [7, 11) is 0. The number of thiophene rings is 2. The zero-order valence-electron chi connectivity index (χ0n) is 13.8. The average Bonchev–Trinajstić information content (AvgIpc) is 3.42. The molecule has 0 unspecified atom stereocenters. The van der Waals surface area contributed by atoms with Crippen molar-refractivity contribution >= 4 is 28.6 Å². The first-order valence-electron chi connectivity index (χ1n) is 8.46. The minimum Gasteiger partial charge on any atom is -0.350 e. The van der Waals surface area contributed by atoms with Gasteiger partial charge in [-0.15, -0.1) is 22.7 Å². The van der Waals surface area contributed by atoms with Crippen molar-refractivity contribution < 1.29 is 4.79 Å². The fourth-order valence-corrected chi connectivity index (χ4v) is 5.29. The van der Waals surface area contributed by atoms with Crippen LogP contribution in [0, 0.1) is 0 Å². The molecule has 4 nitrogen and oxygen atoms in total. The van der Waals surface area contributed by atoms with E-state index in [1.807, 2.05) is 23.6 Å². The Hall–Kier alpha value is -2.05. The summed E-state index contributed by atoms with van der Waals surface area (Å²) in [6, 6.07) is 8.16. The van der Waals surface area contributed by atoms with Crippen molar-refractivity contribution in [2.75, 3.05) is 0 Å². The molecule has 6 heteroatoms. The summed E-state index contributed by atoms with van der Waals surface area (Å²) in [5.41, 5.74) is 1.31. The van der Waals surface area contributed by atoms with E-state index in [2.05, 4.69) is 26.7 Å². The number of hydrogen-bond acceptors (Lipinski definition) is 5. The molecule has 1 aliphatic carbocycles. The maximum atomic E-state index is 13.1. The third kappa shape index (κ3) is 3.12. The lowest BCUT2D eigenvalue weighted by Crippen LogP contribution is -2.42. The lowest BCUT2D eigenvalue weighted by molar-refractivity contribution is -0.126. The van der Waals surface area contributed by atoms with Gasteiger partial charge in [0.05, 0.1) is 22.5 Å². The normalized spacial score (nSPS) is 16.0. The van der Waals surface area contributed by atoms with Crippen LogP contribution in [-0.4, -0.2) is 15.9 Å². The highest BCUT2D eigenvalue weighted by molar-refractivity contribution is 7.13. The van der Waals surface area contributed by atoms with Crippen molar-refractivity contribution in [3.8, 4) is 10.6 Å². The summed E-state index contributed by atoms with van der Waals surface area (Å²) >= 11 is 3.32. The van der Waals surface area contributed by atoms with Crippen LogP contribution in [0.5, 0.6) is 0 Å². The summed E-state index contributed by atoms with van der Waals surface area (Å²) in [5.74, 6) is 0.121. The number of hydrogen-bond donors (Lipinski definition) is 1. The molecule has 3 aromatic heterocycles. The van der Waals surface area contributed by atoms with E-state index in [4.69, 9.17) is 0 Å². The van der Waals surface area contributed by atoms with Gasteiger partial charge < -0.3 is 5.32 Å². The van der Waals surface area contributed by atoms with E-state index >= 15 is 0 Å². The van der Waals surface area contributed by atoms with Crippen molar-refractivity contribution in [2.45, 2.75) is 37.6 Å². The molecule has 4 rings (SSSR count). The number of aromatic nitrogens is 2. The first kappa shape index (κ1) is 16.4. The smallest absolute Gasteiger partial charge is 0.231 e. The van der Waals surface area contributed by atoms with E-state index < -0.39 is 0 Å². The van der Waals surface area contributed by atoms with Crippen LogP contribution in [0.15, 0.2) is 47.4 Å². The molecule has 0 spiro atoms. The zero-order valence-corrected chi connectivity index (χ0v) is 15.4. The Morgan fingerprint density at radius 3 is 2.56 bits per heavy atom. The van der Waals surface area contributed by atoms with E-state index in [9.17, 15) is 4.79 Å². The highest BCUT2D eigenvalue weighted by Gasteiger charge is 2.43. The second kappa shape index (κ2) is 7.06. The molecule has 1 saturated carbocycles. The molecule has 0 atom stereocenters. The van der Waals surface area contributed by atoms with Gasteiger partial charge in [0.15, 0.2) is 0 Å². The third-order valence-corrected chi connectivity index (χ3v) is 6.78. The standard InChI is InChI=1S/C19H19N3OS2/c23-18(19(7-1-2-8-19)16-6-4-12-25-16)22-13-14-17(21-10-9-20-14)15-5-3-11-24-15/h3-6,9-12H,1-2,7-8,13H2,(H,22,23). The number of rotatable bonds is 5. The molecule has 1 N–H and O–H groups in total. The van der Waals surface area contributed by atoms with Crippen molar-refractivity contribution in [1.29, 1.82) is 0 Å². The number of amides is 1. The van der Waals surface area contributed by atoms with Crippen LogP contribution in [0.1, 0.15) is 36.3 Å². The molecule has 1 fully saturated rings. The topological polar surface area (TPSA) is 54.9 Å². The lowest BCUT2D eigenvalue weighted by Gasteiger charge is -2.26. The van der Waals surface area contributed by atoms with Crippen LogP contribution in [0.4, 0.5) is 0 Å². The number of carbonyl (C=O) groups excluding carboxylic acids is 1. The van der Waals surface area contributed by atoms with Crippen LogP contribution in [0.2, 0.25) is 0 Å². The molecule has 0 bridgehead atoms. The average molecular weight is 370 g/mol. The van der Waals surface area contributed by atoms with Crippen LogP contribution >= 0.6 is 22.7 Å². The number of carbonyl (C=O) groups is 1. The van der Waals surface area contributed by atoms with Gasteiger partial charge >= 0.3 is 0 Å². The summed E-state index contributed by atoms with van der Waals surface area (Å²) in [6.07, 6.45) is 7.46. The van der Waals surface area contributed by atoms with E-state index in [0.29, 0.717) is 6.54 Å². The molecule has 128 valence electrons. The fraction of sp³-hybridized carbons (Fsp3) is 0.316. The summed E-state index contributed by atoms with van der Waals surface area (Å²) in [4.78, 5) is 24.3. The Balaban J connectivity index is 1.55. The highest BCUT2D eigenvalue weighted by atomic mass is 32.1. The summed E-state index contributed by atoms with van der Waals surface area (Å²) < 4.78 is 0. The molecule has 1 aliphatic rings. The van der Waals surface area contributed by atoms with Crippen LogP contribution in [0.3, 0.4) is 0 Å². The quantitative estimate of drug-likeness (QED) is 0.725. The Labute approximate surface area is 155 Å². The lowest BCUT2D eigenvalue weighted by atomic mass is 9.83. The summed E-state index contributed by atoms with van der Waals surface area (Å²) in [6.45, 7) is 0.410. The highest BCUT2D eigenvalue weighted by Crippen LogP contribution is 2.43. The first-order valence-corrected chi connectivity index (χ1v) is 10.2. The Bertz CT molecular complexity index is 837. The van der Waals surface area contributed by atoms with Crippen molar-refractivity contribution in [1.82, 2.24) is 15.3 Å². The molecule has 0 radical (unpaired) electrons. The maximum Gasteiger partial charge on any atom is 0.231 e. The van der Waals surface area contributed by atoms with Crippen LogP contribution in [0.25, 0.3) is 10.6 Å². The van der Waals surface area contributed by atoms with E-state index in [0.717, 1.165) is 41.9 Å². The van der Waals surface area contributed by atoms with Gasteiger partial charge in [-0.2, -0.15) is 0 Å². The SMILES string of the molecule is O=C(NCc1nccnc1-c1cccs1)C1(c2cccs2)CCCC1. The molecule has 1 amide bonds.